The van der Waals surface area contributed by atoms with Crippen LogP contribution in [-0.2, 0) is 20.2 Å². The standard InChI is InChI=1S/C22H16N2O8S2/c1-9-5-13-19(17(6-9)33(27,28)29)24-16-8-12-15(7-11(16)20(13)25)23-14-4-3-10(2)22(34(30,31)32)18(14)21(12)26/h3-8H,1-2H3,(H,23,26)(H,24,25)(H,27,28,29)(H,30,31,32). The Morgan fingerprint density at radius 2 is 1.32 bits per heavy atom. The van der Waals surface area contributed by atoms with E-state index in [-0.39, 0.29) is 49.2 Å². The number of aromatic nitrogens is 2. The van der Waals surface area contributed by atoms with E-state index in [2.05, 4.69) is 9.97 Å². The number of benzene rings is 3. The van der Waals surface area contributed by atoms with Gasteiger partial charge in [-0.3, -0.25) is 18.7 Å². The van der Waals surface area contributed by atoms with Gasteiger partial charge >= 0.3 is 0 Å². The third kappa shape index (κ3) is 3.22. The topological polar surface area (TPSA) is 174 Å². The Labute approximate surface area is 191 Å². The number of aromatic amines is 2. The zero-order chi connectivity index (χ0) is 24.7. The molecule has 0 radical (unpaired) electrons. The molecule has 2 aromatic heterocycles. The largest absolute Gasteiger partial charge is 0.354 e. The first-order chi connectivity index (χ1) is 15.8. The molecular weight excluding hydrogens is 484 g/mol. The van der Waals surface area contributed by atoms with Crippen molar-refractivity contribution in [1.29, 1.82) is 0 Å². The molecule has 10 nitrogen and oxygen atoms in total. The summed E-state index contributed by atoms with van der Waals surface area (Å²) in [5.74, 6) is 0. The number of rotatable bonds is 2. The van der Waals surface area contributed by atoms with Gasteiger partial charge in [-0.05, 0) is 55.3 Å². The summed E-state index contributed by atoms with van der Waals surface area (Å²) in [5, 5.41) is -0.0614. The van der Waals surface area contributed by atoms with E-state index in [0.717, 1.165) is 0 Å². The highest BCUT2D eigenvalue weighted by molar-refractivity contribution is 7.86. The van der Waals surface area contributed by atoms with E-state index in [1.54, 1.807) is 6.92 Å². The minimum absolute atomic E-state index is 0.00557. The molecule has 3 aromatic carbocycles. The average molecular weight is 501 g/mol. The van der Waals surface area contributed by atoms with Gasteiger partial charge in [0.05, 0.1) is 27.5 Å². The SMILES string of the molecule is Cc1cc(S(=O)(=O)O)c2[nH]c3cc4c(=O)c5c(S(=O)(=O)O)c(C)ccc5[nH]c4cc3c(=O)c2c1. The number of fused-ring (bicyclic) bond motifs is 4. The van der Waals surface area contributed by atoms with Crippen molar-refractivity contribution in [2.45, 2.75) is 23.6 Å². The molecule has 5 rings (SSSR count). The number of nitrogens with one attached hydrogen (secondary N) is 2. The summed E-state index contributed by atoms with van der Waals surface area (Å²) in [6.45, 7) is 3.02. The van der Waals surface area contributed by atoms with E-state index in [1.165, 1.54) is 43.3 Å². The average Bonchev–Trinajstić information content (AvgIpc) is 2.72. The van der Waals surface area contributed by atoms with Crippen molar-refractivity contribution in [3.05, 3.63) is 68.0 Å². The van der Waals surface area contributed by atoms with Crippen LogP contribution in [0, 0.1) is 13.8 Å². The van der Waals surface area contributed by atoms with Crippen LogP contribution in [0.15, 0.2) is 55.8 Å². The Kier molecular flexibility index (Phi) is 4.55. The highest BCUT2D eigenvalue weighted by Crippen LogP contribution is 2.28. The molecule has 0 saturated carbocycles. The van der Waals surface area contributed by atoms with Gasteiger partial charge in [-0.1, -0.05) is 6.07 Å². The van der Waals surface area contributed by atoms with Gasteiger partial charge in [0.2, 0.25) is 0 Å². The lowest BCUT2D eigenvalue weighted by Gasteiger charge is -2.11. The van der Waals surface area contributed by atoms with E-state index < -0.39 is 40.9 Å². The van der Waals surface area contributed by atoms with Gasteiger partial charge in [-0.2, -0.15) is 16.8 Å². The molecule has 0 fully saturated rings. The lowest BCUT2D eigenvalue weighted by Crippen LogP contribution is -2.13. The molecule has 4 N–H and O–H groups in total. The van der Waals surface area contributed by atoms with Crippen LogP contribution in [0.5, 0.6) is 0 Å². The highest BCUT2D eigenvalue weighted by Gasteiger charge is 2.22. The van der Waals surface area contributed by atoms with E-state index in [4.69, 9.17) is 0 Å². The second kappa shape index (κ2) is 6.96. The van der Waals surface area contributed by atoms with Crippen molar-refractivity contribution < 1.29 is 25.9 Å². The molecule has 0 aliphatic carbocycles. The van der Waals surface area contributed by atoms with Gasteiger partial charge in [0.25, 0.3) is 20.2 Å². The first-order valence-corrected chi connectivity index (χ1v) is 12.7. The molecule has 0 bridgehead atoms. The normalized spacial score (nSPS) is 12.8. The Balaban J connectivity index is 2.02. The Bertz CT molecular complexity index is 2070. The van der Waals surface area contributed by atoms with Crippen molar-refractivity contribution in [1.82, 2.24) is 9.97 Å². The Hall–Kier alpha value is -3.58. The summed E-state index contributed by atoms with van der Waals surface area (Å²) in [5.41, 5.74) is -0.253. The zero-order valence-corrected chi connectivity index (χ0v) is 19.3. The van der Waals surface area contributed by atoms with Gasteiger partial charge in [-0.25, -0.2) is 0 Å². The van der Waals surface area contributed by atoms with Crippen LogP contribution in [0.3, 0.4) is 0 Å². The van der Waals surface area contributed by atoms with Crippen LogP contribution in [0.4, 0.5) is 0 Å². The van der Waals surface area contributed by atoms with Crippen molar-refractivity contribution in [2.24, 2.45) is 0 Å². The fraction of sp³-hybridized carbons (Fsp3) is 0.0909. The fourth-order valence-electron chi connectivity index (χ4n) is 4.36. The van der Waals surface area contributed by atoms with Crippen molar-refractivity contribution in [2.75, 3.05) is 0 Å². The fourth-order valence-corrected chi connectivity index (χ4v) is 6.04. The van der Waals surface area contributed by atoms with Gasteiger partial charge in [0.15, 0.2) is 10.9 Å². The summed E-state index contributed by atoms with van der Waals surface area (Å²) in [4.78, 5) is 31.3. The summed E-state index contributed by atoms with van der Waals surface area (Å²) in [7, 11) is -9.40. The van der Waals surface area contributed by atoms with Gasteiger partial charge in [-0.15, -0.1) is 0 Å². The predicted molar refractivity (Wildman–Crippen MR) is 127 cm³/mol. The van der Waals surface area contributed by atoms with E-state index in [9.17, 15) is 35.5 Å². The summed E-state index contributed by atoms with van der Waals surface area (Å²) < 4.78 is 67.2. The summed E-state index contributed by atoms with van der Waals surface area (Å²) in [6.07, 6.45) is 0. The van der Waals surface area contributed by atoms with Crippen molar-refractivity contribution in [3.63, 3.8) is 0 Å². The van der Waals surface area contributed by atoms with Crippen LogP contribution in [0.1, 0.15) is 11.1 Å². The van der Waals surface area contributed by atoms with Gasteiger partial charge in [0.1, 0.15) is 9.79 Å². The number of H-pyrrole nitrogens is 2. The maximum Gasteiger partial charge on any atom is 0.296 e. The van der Waals surface area contributed by atoms with E-state index in [1.807, 2.05) is 0 Å². The second-order valence-electron chi connectivity index (χ2n) is 8.12. The minimum Gasteiger partial charge on any atom is -0.354 e. The lowest BCUT2D eigenvalue weighted by atomic mass is 10.0. The molecule has 0 aliphatic rings. The molecule has 0 unspecified atom stereocenters. The number of pyridine rings is 2. The van der Waals surface area contributed by atoms with Crippen LogP contribution < -0.4 is 10.9 Å². The summed E-state index contributed by atoms with van der Waals surface area (Å²) >= 11 is 0. The maximum absolute atomic E-state index is 13.3. The van der Waals surface area contributed by atoms with Crippen LogP contribution in [0.25, 0.3) is 43.6 Å². The molecule has 2 heterocycles. The van der Waals surface area contributed by atoms with Crippen LogP contribution >= 0.6 is 0 Å². The molecule has 0 amide bonds. The van der Waals surface area contributed by atoms with Crippen LogP contribution in [0.2, 0.25) is 0 Å². The van der Waals surface area contributed by atoms with Gasteiger partial charge in [0, 0.05) is 16.2 Å². The highest BCUT2D eigenvalue weighted by atomic mass is 32.2. The predicted octanol–water partition coefficient (Wildman–Crippen LogP) is 2.79. The second-order valence-corrected chi connectivity index (χ2v) is 10.9. The van der Waals surface area contributed by atoms with Crippen LogP contribution in [-0.4, -0.2) is 35.9 Å². The maximum atomic E-state index is 13.3. The number of hydrogen-bond donors (Lipinski definition) is 4. The van der Waals surface area contributed by atoms with E-state index >= 15 is 0 Å². The van der Waals surface area contributed by atoms with E-state index in [0.29, 0.717) is 5.56 Å². The Morgan fingerprint density at radius 1 is 0.706 bits per heavy atom. The first kappa shape index (κ1) is 22.2. The molecular formula is C22H16N2O8S2. The molecule has 12 heteroatoms. The molecule has 0 spiro atoms. The number of hydrogen-bond acceptors (Lipinski definition) is 6. The minimum atomic E-state index is -4.73. The first-order valence-electron chi connectivity index (χ1n) is 9.82. The monoisotopic (exact) mass is 500 g/mol. The smallest absolute Gasteiger partial charge is 0.296 e. The van der Waals surface area contributed by atoms with Gasteiger partial charge < -0.3 is 9.97 Å². The third-order valence-corrected chi connectivity index (χ3v) is 7.70. The quantitative estimate of drug-likeness (QED) is 0.211. The molecule has 174 valence electrons. The van der Waals surface area contributed by atoms with Crippen molar-refractivity contribution >= 4 is 63.8 Å². The number of aryl methyl sites for hydroxylation is 2. The molecule has 0 saturated heterocycles. The molecule has 0 aliphatic heterocycles. The molecule has 34 heavy (non-hydrogen) atoms. The zero-order valence-electron chi connectivity index (χ0n) is 17.6. The summed E-state index contributed by atoms with van der Waals surface area (Å²) in [6, 6.07) is 8.34. The third-order valence-electron chi connectivity index (χ3n) is 5.78. The molecule has 5 aromatic rings. The lowest BCUT2D eigenvalue weighted by molar-refractivity contribution is 0.481. The molecule has 0 atom stereocenters. The van der Waals surface area contributed by atoms with Crippen molar-refractivity contribution in [3.8, 4) is 0 Å². The Morgan fingerprint density at radius 3 is 1.94 bits per heavy atom.